The van der Waals surface area contributed by atoms with Crippen LogP contribution in [0.15, 0.2) is 22.7 Å². The van der Waals surface area contributed by atoms with Crippen LogP contribution in [0.5, 0.6) is 0 Å². The maximum atomic E-state index is 12.1. The molecule has 1 saturated carbocycles. The Morgan fingerprint density at radius 2 is 2.00 bits per heavy atom. The number of nitrogens with two attached hydrogens (primary N) is 1. The van der Waals surface area contributed by atoms with Gasteiger partial charge in [0, 0.05) is 11.7 Å². The van der Waals surface area contributed by atoms with Crippen LogP contribution in [0.4, 0.5) is 5.69 Å². The largest absolute Gasteiger partial charge is 0.398 e. The van der Waals surface area contributed by atoms with E-state index in [1.165, 1.54) is 19.3 Å². The Labute approximate surface area is 110 Å². The zero-order valence-corrected chi connectivity index (χ0v) is 11.3. The minimum atomic E-state index is -0.0314. The molecule has 0 bridgehead atoms. The first-order chi connectivity index (χ1) is 8.18. The predicted molar refractivity (Wildman–Crippen MR) is 72.9 cm³/mol. The monoisotopic (exact) mass is 296 g/mol. The van der Waals surface area contributed by atoms with Crippen molar-refractivity contribution < 1.29 is 4.79 Å². The van der Waals surface area contributed by atoms with Crippen molar-refractivity contribution >= 4 is 27.5 Å². The van der Waals surface area contributed by atoms with Crippen molar-refractivity contribution in [2.24, 2.45) is 0 Å². The third-order valence-electron chi connectivity index (χ3n) is 3.21. The van der Waals surface area contributed by atoms with Gasteiger partial charge in [0.15, 0.2) is 0 Å². The summed E-state index contributed by atoms with van der Waals surface area (Å²) in [7, 11) is 0. The lowest BCUT2D eigenvalue weighted by atomic mass is 9.95. The first kappa shape index (κ1) is 12.4. The molecule has 17 heavy (non-hydrogen) atoms. The molecule has 1 amide bonds. The summed E-state index contributed by atoms with van der Waals surface area (Å²) < 4.78 is 0.688. The quantitative estimate of drug-likeness (QED) is 0.824. The number of hydrogen-bond acceptors (Lipinski definition) is 2. The molecule has 3 N–H and O–H groups in total. The van der Waals surface area contributed by atoms with Gasteiger partial charge < -0.3 is 11.1 Å². The lowest BCUT2D eigenvalue weighted by Crippen LogP contribution is -2.36. The SMILES string of the molecule is Nc1cccc(C(=O)NC2CCCCC2)c1Br. The van der Waals surface area contributed by atoms with Gasteiger partial charge in [-0.05, 0) is 40.9 Å². The van der Waals surface area contributed by atoms with Crippen LogP contribution in [-0.2, 0) is 0 Å². The number of anilines is 1. The minimum absolute atomic E-state index is 0.0314. The van der Waals surface area contributed by atoms with Crippen molar-refractivity contribution in [3.05, 3.63) is 28.2 Å². The molecule has 1 fully saturated rings. The van der Waals surface area contributed by atoms with Crippen LogP contribution >= 0.6 is 15.9 Å². The molecule has 4 heteroatoms. The van der Waals surface area contributed by atoms with E-state index in [0.29, 0.717) is 21.8 Å². The number of benzene rings is 1. The molecule has 1 aliphatic carbocycles. The zero-order valence-electron chi connectivity index (χ0n) is 9.71. The van der Waals surface area contributed by atoms with E-state index in [4.69, 9.17) is 5.73 Å². The van der Waals surface area contributed by atoms with E-state index >= 15 is 0 Å². The van der Waals surface area contributed by atoms with Gasteiger partial charge in [-0.15, -0.1) is 0 Å². The van der Waals surface area contributed by atoms with Gasteiger partial charge in [0.05, 0.1) is 10.0 Å². The highest BCUT2D eigenvalue weighted by Crippen LogP contribution is 2.24. The average Bonchev–Trinajstić information content (AvgIpc) is 2.34. The summed E-state index contributed by atoms with van der Waals surface area (Å²) >= 11 is 3.36. The Morgan fingerprint density at radius 1 is 1.29 bits per heavy atom. The molecule has 0 radical (unpaired) electrons. The van der Waals surface area contributed by atoms with Gasteiger partial charge in [-0.25, -0.2) is 0 Å². The number of amides is 1. The second-order valence-electron chi connectivity index (χ2n) is 4.52. The molecular weight excluding hydrogens is 280 g/mol. The summed E-state index contributed by atoms with van der Waals surface area (Å²) in [5.41, 5.74) is 6.98. The van der Waals surface area contributed by atoms with Gasteiger partial charge in [0.2, 0.25) is 0 Å². The smallest absolute Gasteiger partial charge is 0.252 e. The van der Waals surface area contributed by atoms with Gasteiger partial charge in [-0.1, -0.05) is 25.3 Å². The van der Waals surface area contributed by atoms with Gasteiger partial charge in [0.1, 0.15) is 0 Å². The van der Waals surface area contributed by atoms with Crippen molar-refractivity contribution in [2.45, 2.75) is 38.1 Å². The average molecular weight is 297 g/mol. The minimum Gasteiger partial charge on any atom is -0.398 e. The molecule has 3 nitrogen and oxygen atoms in total. The molecule has 0 unspecified atom stereocenters. The first-order valence-corrected chi connectivity index (χ1v) is 6.82. The summed E-state index contributed by atoms with van der Waals surface area (Å²) in [4.78, 5) is 12.1. The molecule has 2 rings (SSSR count). The number of halogens is 1. The van der Waals surface area contributed by atoms with Crippen LogP contribution in [-0.4, -0.2) is 11.9 Å². The van der Waals surface area contributed by atoms with Gasteiger partial charge in [-0.2, -0.15) is 0 Å². The topological polar surface area (TPSA) is 55.1 Å². The maximum Gasteiger partial charge on any atom is 0.252 e. The number of rotatable bonds is 2. The highest BCUT2D eigenvalue weighted by molar-refractivity contribution is 9.10. The molecule has 0 atom stereocenters. The van der Waals surface area contributed by atoms with E-state index in [9.17, 15) is 4.79 Å². The maximum absolute atomic E-state index is 12.1. The van der Waals surface area contributed by atoms with E-state index in [1.807, 2.05) is 0 Å². The van der Waals surface area contributed by atoms with Gasteiger partial charge in [-0.3, -0.25) is 4.79 Å². The number of hydrogen-bond donors (Lipinski definition) is 2. The van der Waals surface area contributed by atoms with Gasteiger partial charge >= 0.3 is 0 Å². The van der Waals surface area contributed by atoms with Crippen LogP contribution < -0.4 is 11.1 Å². The summed E-state index contributed by atoms with van der Waals surface area (Å²) in [6, 6.07) is 5.69. The van der Waals surface area contributed by atoms with Crippen molar-refractivity contribution in [2.75, 3.05) is 5.73 Å². The van der Waals surface area contributed by atoms with Crippen molar-refractivity contribution in [1.82, 2.24) is 5.32 Å². The number of carbonyl (C=O) groups is 1. The van der Waals surface area contributed by atoms with E-state index in [2.05, 4.69) is 21.2 Å². The standard InChI is InChI=1S/C13H17BrN2O/c14-12-10(7-4-8-11(12)15)13(17)16-9-5-2-1-3-6-9/h4,7-9H,1-3,5-6,15H2,(H,16,17). The second kappa shape index (κ2) is 5.54. The summed E-state index contributed by atoms with van der Waals surface area (Å²) in [6.45, 7) is 0. The molecule has 1 aromatic carbocycles. The van der Waals surface area contributed by atoms with Crippen molar-refractivity contribution in [3.8, 4) is 0 Å². The number of carbonyl (C=O) groups excluding carboxylic acids is 1. The highest BCUT2D eigenvalue weighted by Gasteiger charge is 2.18. The fourth-order valence-electron chi connectivity index (χ4n) is 2.24. The molecular formula is C13H17BrN2O. The summed E-state index contributed by atoms with van der Waals surface area (Å²) in [5, 5.41) is 3.08. The summed E-state index contributed by atoms with van der Waals surface area (Å²) in [5.74, 6) is -0.0314. The van der Waals surface area contributed by atoms with Crippen molar-refractivity contribution in [1.29, 1.82) is 0 Å². The fraction of sp³-hybridized carbons (Fsp3) is 0.462. The lowest BCUT2D eigenvalue weighted by molar-refractivity contribution is 0.0927. The predicted octanol–water partition coefficient (Wildman–Crippen LogP) is 3.09. The highest BCUT2D eigenvalue weighted by atomic mass is 79.9. The molecule has 0 aromatic heterocycles. The lowest BCUT2D eigenvalue weighted by Gasteiger charge is -2.23. The molecule has 0 spiro atoms. The molecule has 1 aliphatic rings. The zero-order chi connectivity index (χ0) is 12.3. The van der Waals surface area contributed by atoms with Crippen LogP contribution in [0.3, 0.4) is 0 Å². The van der Waals surface area contributed by atoms with Crippen LogP contribution in [0, 0.1) is 0 Å². The number of nitrogen functional groups attached to an aromatic ring is 1. The van der Waals surface area contributed by atoms with E-state index in [1.54, 1.807) is 18.2 Å². The molecule has 1 aromatic rings. The fourth-order valence-corrected chi connectivity index (χ4v) is 2.68. The van der Waals surface area contributed by atoms with Crippen LogP contribution in [0.25, 0.3) is 0 Å². The third-order valence-corrected chi connectivity index (χ3v) is 4.10. The molecule has 92 valence electrons. The Hall–Kier alpha value is -1.03. The normalized spacial score (nSPS) is 16.8. The Balaban J connectivity index is 2.06. The van der Waals surface area contributed by atoms with E-state index in [0.717, 1.165) is 12.8 Å². The summed E-state index contributed by atoms with van der Waals surface area (Å²) in [6.07, 6.45) is 5.89. The first-order valence-electron chi connectivity index (χ1n) is 6.03. The molecule has 0 saturated heterocycles. The second-order valence-corrected chi connectivity index (χ2v) is 5.31. The molecule has 0 aliphatic heterocycles. The Bertz CT molecular complexity index is 414. The van der Waals surface area contributed by atoms with Crippen LogP contribution in [0.2, 0.25) is 0 Å². The van der Waals surface area contributed by atoms with E-state index < -0.39 is 0 Å². The number of nitrogens with one attached hydrogen (secondary N) is 1. The molecule has 0 heterocycles. The van der Waals surface area contributed by atoms with Gasteiger partial charge in [0.25, 0.3) is 5.91 Å². The third kappa shape index (κ3) is 3.00. The van der Waals surface area contributed by atoms with E-state index in [-0.39, 0.29) is 5.91 Å². The Kier molecular flexibility index (Phi) is 4.05. The Morgan fingerprint density at radius 3 is 2.71 bits per heavy atom. The van der Waals surface area contributed by atoms with Crippen molar-refractivity contribution in [3.63, 3.8) is 0 Å². The van der Waals surface area contributed by atoms with Crippen LogP contribution in [0.1, 0.15) is 42.5 Å².